The molecule has 196 valence electrons. The van der Waals surface area contributed by atoms with E-state index in [2.05, 4.69) is 26.3 Å². The molecule has 1 saturated heterocycles. The van der Waals surface area contributed by atoms with Crippen molar-refractivity contribution in [3.63, 3.8) is 0 Å². The van der Waals surface area contributed by atoms with Gasteiger partial charge in [-0.15, -0.1) is 0 Å². The third kappa shape index (κ3) is 4.88. The standard InChI is InChI=1S/C28H32F3N5O/c1-16-22(6-5-7-24(16)28(29,30)31)17(2)33-26-23-12-21(13-32-25(23)34-18(3)35-26)20-8-10-27(11-9-20)14-36(15-27)19(4)37/h5-7,12-13,17,20H,8-11,14-15H2,1-4H3,(H,32,33,34,35). The second-order valence-electron chi connectivity index (χ2n) is 10.8. The molecule has 1 N–H and O–H groups in total. The molecule has 1 aliphatic heterocycles. The lowest BCUT2D eigenvalue weighted by Gasteiger charge is -2.53. The summed E-state index contributed by atoms with van der Waals surface area (Å²) < 4.78 is 40.4. The van der Waals surface area contributed by atoms with Crippen LogP contribution in [0.3, 0.4) is 0 Å². The van der Waals surface area contributed by atoms with E-state index in [0.29, 0.717) is 28.8 Å². The first kappa shape index (κ1) is 25.4. The number of halogens is 3. The van der Waals surface area contributed by atoms with Crippen molar-refractivity contribution in [3.8, 4) is 0 Å². The molecule has 3 heterocycles. The lowest BCUT2D eigenvalue weighted by molar-refractivity contribution is -0.143. The number of pyridine rings is 1. The number of aromatic nitrogens is 3. The van der Waals surface area contributed by atoms with Gasteiger partial charge in [0.15, 0.2) is 5.65 Å². The highest BCUT2D eigenvalue weighted by Gasteiger charge is 2.46. The zero-order valence-electron chi connectivity index (χ0n) is 21.6. The number of alkyl halides is 3. The number of hydrogen-bond acceptors (Lipinski definition) is 5. The first-order valence-electron chi connectivity index (χ1n) is 12.8. The fourth-order valence-electron chi connectivity index (χ4n) is 6.05. The van der Waals surface area contributed by atoms with E-state index in [-0.39, 0.29) is 16.9 Å². The van der Waals surface area contributed by atoms with Gasteiger partial charge in [-0.1, -0.05) is 12.1 Å². The number of aryl methyl sites for hydroxylation is 1. The quantitative estimate of drug-likeness (QED) is 0.443. The first-order chi connectivity index (χ1) is 17.5. The summed E-state index contributed by atoms with van der Waals surface area (Å²) in [6.07, 6.45) is 1.73. The van der Waals surface area contributed by atoms with E-state index >= 15 is 0 Å². The Bertz CT molecular complexity index is 1340. The molecule has 1 amide bonds. The summed E-state index contributed by atoms with van der Waals surface area (Å²) in [4.78, 5) is 27.3. The molecule has 1 aromatic carbocycles. The fraction of sp³-hybridized carbons (Fsp3) is 0.500. The van der Waals surface area contributed by atoms with Gasteiger partial charge in [-0.25, -0.2) is 15.0 Å². The van der Waals surface area contributed by atoms with Crippen molar-refractivity contribution in [1.82, 2.24) is 19.9 Å². The molecule has 1 aliphatic carbocycles. The predicted molar refractivity (Wildman–Crippen MR) is 136 cm³/mol. The van der Waals surface area contributed by atoms with Crippen LogP contribution >= 0.6 is 0 Å². The van der Waals surface area contributed by atoms with Gasteiger partial charge in [0.05, 0.1) is 17.0 Å². The number of hydrogen-bond donors (Lipinski definition) is 1. The van der Waals surface area contributed by atoms with Gasteiger partial charge in [-0.2, -0.15) is 13.2 Å². The molecule has 2 aromatic heterocycles. The van der Waals surface area contributed by atoms with Crippen LogP contribution in [0.2, 0.25) is 0 Å². The molecule has 0 radical (unpaired) electrons. The van der Waals surface area contributed by atoms with Crippen LogP contribution in [-0.2, 0) is 11.0 Å². The number of likely N-dealkylation sites (tertiary alicyclic amines) is 1. The zero-order valence-corrected chi connectivity index (χ0v) is 21.6. The highest BCUT2D eigenvalue weighted by atomic mass is 19.4. The highest BCUT2D eigenvalue weighted by Crippen LogP contribution is 2.48. The largest absolute Gasteiger partial charge is 0.416 e. The van der Waals surface area contributed by atoms with Crippen molar-refractivity contribution >= 4 is 22.8 Å². The number of amides is 1. The third-order valence-corrected chi connectivity index (χ3v) is 8.20. The fourth-order valence-corrected chi connectivity index (χ4v) is 6.05. The van der Waals surface area contributed by atoms with Gasteiger partial charge < -0.3 is 10.2 Å². The molecule has 6 nitrogen and oxygen atoms in total. The summed E-state index contributed by atoms with van der Waals surface area (Å²) in [5, 5.41) is 4.11. The molecule has 5 rings (SSSR count). The van der Waals surface area contributed by atoms with Crippen molar-refractivity contribution in [1.29, 1.82) is 0 Å². The summed E-state index contributed by atoms with van der Waals surface area (Å²) in [6.45, 7) is 8.48. The smallest absolute Gasteiger partial charge is 0.363 e. The van der Waals surface area contributed by atoms with Gasteiger partial charge in [0.2, 0.25) is 5.91 Å². The molecule has 9 heteroatoms. The van der Waals surface area contributed by atoms with Crippen LogP contribution in [0.4, 0.5) is 19.0 Å². The van der Waals surface area contributed by atoms with Crippen molar-refractivity contribution in [3.05, 3.63) is 58.5 Å². The summed E-state index contributed by atoms with van der Waals surface area (Å²) in [5.74, 6) is 1.63. The van der Waals surface area contributed by atoms with Crippen LogP contribution in [0, 0.1) is 19.3 Å². The van der Waals surface area contributed by atoms with Gasteiger partial charge in [0.1, 0.15) is 11.6 Å². The van der Waals surface area contributed by atoms with E-state index in [1.165, 1.54) is 13.0 Å². The van der Waals surface area contributed by atoms with Crippen molar-refractivity contribution in [2.24, 2.45) is 5.41 Å². The summed E-state index contributed by atoms with van der Waals surface area (Å²) in [5.41, 5.74) is 2.11. The number of benzene rings is 1. The maximum atomic E-state index is 13.5. The molecule has 1 unspecified atom stereocenters. The molecule has 2 aliphatic rings. The Morgan fingerprint density at radius 2 is 1.86 bits per heavy atom. The third-order valence-electron chi connectivity index (χ3n) is 8.20. The minimum Gasteiger partial charge on any atom is -0.363 e. The molecule has 1 saturated carbocycles. The maximum absolute atomic E-state index is 13.5. The molecule has 1 spiro atoms. The Labute approximate surface area is 214 Å². The number of carbonyl (C=O) groups excluding carboxylic acids is 1. The number of carbonyl (C=O) groups is 1. The zero-order chi connectivity index (χ0) is 26.5. The van der Waals surface area contributed by atoms with Crippen LogP contribution in [-0.4, -0.2) is 38.8 Å². The normalized spacial score (nSPS) is 18.6. The van der Waals surface area contributed by atoms with Crippen LogP contribution in [0.5, 0.6) is 0 Å². The van der Waals surface area contributed by atoms with Gasteiger partial charge in [-0.05, 0) is 81.2 Å². The Balaban J connectivity index is 1.39. The average molecular weight is 512 g/mol. The molecule has 0 bridgehead atoms. The molecular weight excluding hydrogens is 479 g/mol. The molecule has 1 atom stereocenters. The van der Waals surface area contributed by atoms with Crippen molar-refractivity contribution in [2.75, 3.05) is 18.4 Å². The van der Waals surface area contributed by atoms with Gasteiger partial charge in [0.25, 0.3) is 0 Å². The second-order valence-corrected chi connectivity index (χ2v) is 10.8. The molecule has 37 heavy (non-hydrogen) atoms. The Kier molecular flexibility index (Phi) is 6.36. The lowest BCUT2D eigenvalue weighted by atomic mass is 9.65. The topological polar surface area (TPSA) is 71.0 Å². The molecular formula is C28H32F3N5O. The van der Waals surface area contributed by atoms with Crippen molar-refractivity contribution < 1.29 is 18.0 Å². The van der Waals surface area contributed by atoms with E-state index in [1.807, 2.05) is 18.0 Å². The molecule has 2 fully saturated rings. The van der Waals surface area contributed by atoms with Gasteiger partial charge in [0, 0.05) is 31.6 Å². The molecule has 3 aromatic rings. The van der Waals surface area contributed by atoms with Crippen LogP contribution in [0.25, 0.3) is 11.0 Å². The van der Waals surface area contributed by atoms with Gasteiger partial charge in [-0.3, -0.25) is 4.79 Å². The second kappa shape index (κ2) is 9.26. The Morgan fingerprint density at radius 3 is 2.51 bits per heavy atom. The summed E-state index contributed by atoms with van der Waals surface area (Å²) in [7, 11) is 0. The van der Waals surface area contributed by atoms with E-state index in [1.54, 1.807) is 19.9 Å². The van der Waals surface area contributed by atoms with Crippen LogP contribution in [0.15, 0.2) is 30.5 Å². The SMILES string of the molecule is CC(=O)N1CC2(CCC(c3cnc4nc(C)nc(NC(C)c5cccc(C(F)(F)F)c5C)c4c3)CC2)C1. The van der Waals surface area contributed by atoms with Crippen LogP contribution < -0.4 is 5.32 Å². The monoisotopic (exact) mass is 511 g/mol. The van der Waals surface area contributed by atoms with E-state index < -0.39 is 17.8 Å². The van der Waals surface area contributed by atoms with E-state index in [4.69, 9.17) is 0 Å². The van der Waals surface area contributed by atoms with E-state index in [0.717, 1.165) is 55.8 Å². The first-order valence-corrected chi connectivity index (χ1v) is 12.8. The van der Waals surface area contributed by atoms with Crippen molar-refractivity contribution in [2.45, 2.75) is 71.5 Å². The number of anilines is 1. The highest BCUT2D eigenvalue weighted by molar-refractivity contribution is 5.87. The number of fused-ring (bicyclic) bond motifs is 1. The van der Waals surface area contributed by atoms with Crippen LogP contribution in [0.1, 0.15) is 79.6 Å². The van der Waals surface area contributed by atoms with E-state index in [9.17, 15) is 18.0 Å². The number of nitrogens with one attached hydrogen (secondary N) is 1. The minimum absolute atomic E-state index is 0.149. The lowest BCUT2D eigenvalue weighted by Crippen LogP contribution is -2.58. The Hall–Kier alpha value is -3.23. The average Bonchev–Trinajstić information content (AvgIpc) is 2.81. The minimum atomic E-state index is -4.40. The predicted octanol–water partition coefficient (Wildman–Crippen LogP) is 6.34. The maximum Gasteiger partial charge on any atom is 0.416 e. The summed E-state index contributed by atoms with van der Waals surface area (Å²) >= 11 is 0. The Morgan fingerprint density at radius 1 is 1.16 bits per heavy atom. The number of nitrogens with zero attached hydrogens (tertiary/aromatic N) is 4. The number of rotatable bonds is 4. The van der Waals surface area contributed by atoms with Gasteiger partial charge >= 0.3 is 6.18 Å². The summed E-state index contributed by atoms with van der Waals surface area (Å²) in [6, 6.07) is 5.96.